The molecule has 2 aliphatic rings. The lowest BCUT2D eigenvalue weighted by Crippen LogP contribution is -2.51. The number of fused-ring (bicyclic) bond motifs is 1. The van der Waals surface area contributed by atoms with E-state index in [9.17, 15) is 0 Å². The van der Waals surface area contributed by atoms with Crippen LogP contribution in [-0.2, 0) is 6.54 Å². The summed E-state index contributed by atoms with van der Waals surface area (Å²) in [5, 5.41) is 6.47. The molecule has 19 heavy (non-hydrogen) atoms. The van der Waals surface area contributed by atoms with Crippen molar-refractivity contribution in [3.8, 4) is 0 Å². The lowest BCUT2D eigenvalue weighted by atomic mass is 10.1. The fourth-order valence-corrected chi connectivity index (χ4v) is 2.32. The Kier molecular flexibility index (Phi) is 3.21. The van der Waals surface area contributed by atoms with E-state index in [0.29, 0.717) is 11.8 Å². The fourth-order valence-electron chi connectivity index (χ4n) is 2.13. The molecule has 5 nitrogen and oxygen atoms in total. The molecule has 0 saturated heterocycles. The molecule has 0 aromatic heterocycles. The number of rotatable bonds is 2. The summed E-state index contributed by atoms with van der Waals surface area (Å²) in [6.45, 7) is 2.70. The van der Waals surface area contributed by atoms with Gasteiger partial charge in [-0.3, -0.25) is 4.99 Å². The van der Waals surface area contributed by atoms with E-state index in [1.54, 1.807) is 6.34 Å². The minimum atomic E-state index is -0.204. The monoisotopic (exact) mass is 275 g/mol. The van der Waals surface area contributed by atoms with Gasteiger partial charge in [-0.2, -0.15) is 0 Å². The Morgan fingerprint density at radius 1 is 1.37 bits per heavy atom. The maximum absolute atomic E-state index is 5.95. The van der Waals surface area contributed by atoms with Crippen LogP contribution in [-0.4, -0.2) is 29.7 Å². The van der Waals surface area contributed by atoms with Crippen LogP contribution >= 0.6 is 11.6 Å². The van der Waals surface area contributed by atoms with Crippen LogP contribution in [0.5, 0.6) is 0 Å². The van der Waals surface area contributed by atoms with Crippen molar-refractivity contribution in [2.75, 3.05) is 0 Å². The Hall–Kier alpha value is -1.88. The number of halogens is 1. The van der Waals surface area contributed by atoms with Crippen molar-refractivity contribution in [3.63, 3.8) is 0 Å². The van der Waals surface area contributed by atoms with Crippen molar-refractivity contribution >= 4 is 29.1 Å². The molecule has 6 heteroatoms. The predicted molar refractivity (Wildman–Crippen MR) is 77.9 cm³/mol. The van der Waals surface area contributed by atoms with Gasteiger partial charge in [0.25, 0.3) is 0 Å². The normalized spacial score (nSPS) is 26.6. The summed E-state index contributed by atoms with van der Waals surface area (Å²) in [6, 6.07) is 8.17. The zero-order chi connectivity index (χ0) is 13.2. The van der Waals surface area contributed by atoms with E-state index in [2.05, 4.69) is 44.7 Å². The van der Waals surface area contributed by atoms with E-state index < -0.39 is 0 Å². The number of hydrogen-bond acceptors (Lipinski definition) is 4. The predicted octanol–water partition coefficient (Wildman–Crippen LogP) is 1.42. The van der Waals surface area contributed by atoms with Crippen LogP contribution in [0, 0.1) is 6.92 Å². The first-order valence-electron chi connectivity index (χ1n) is 6.11. The third-order valence-corrected chi connectivity index (χ3v) is 3.42. The van der Waals surface area contributed by atoms with Crippen molar-refractivity contribution in [1.82, 2.24) is 10.6 Å². The molecule has 2 unspecified atom stereocenters. The van der Waals surface area contributed by atoms with Crippen LogP contribution in [0.15, 0.2) is 39.2 Å². The van der Waals surface area contributed by atoms with Crippen LogP contribution in [0.2, 0.25) is 0 Å². The summed E-state index contributed by atoms with van der Waals surface area (Å²) < 4.78 is 0. The second-order valence-electron chi connectivity index (χ2n) is 4.51. The average Bonchev–Trinajstić information content (AvgIpc) is 2.85. The Morgan fingerprint density at radius 2 is 2.21 bits per heavy atom. The molecule has 2 atom stereocenters. The van der Waals surface area contributed by atoms with Gasteiger partial charge in [0.15, 0.2) is 11.5 Å². The number of amidine groups is 2. The first-order valence-corrected chi connectivity index (χ1v) is 6.49. The van der Waals surface area contributed by atoms with Crippen molar-refractivity contribution in [3.05, 3.63) is 35.4 Å². The van der Waals surface area contributed by atoms with Crippen LogP contribution in [0.3, 0.4) is 0 Å². The van der Waals surface area contributed by atoms with E-state index in [1.807, 2.05) is 12.1 Å². The van der Waals surface area contributed by atoms with Crippen molar-refractivity contribution < 1.29 is 0 Å². The number of aryl methyl sites for hydroxylation is 1. The van der Waals surface area contributed by atoms with Crippen LogP contribution in [0.25, 0.3) is 0 Å². The minimum absolute atomic E-state index is 0.0356. The Bertz CT molecular complexity index is 578. The largest absolute Gasteiger partial charge is 0.363 e. The molecule has 98 valence electrons. The van der Waals surface area contributed by atoms with Gasteiger partial charge in [0, 0.05) is 0 Å². The van der Waals surface area contributed by atoms with E-state index in [0.717, 1.165) is 5.84 Å². The highest BCUT2D eigenvalue weighted by Gasteiger charge is 2.32. The SMILES string of the molecule is Cc1ccccc1CN=C1NC(Cl)=NC2N=CNC12. The van der Waals surface area contributed by atoms with Crippen LogP contribution in [0.4, 0.5) is 0 Å². The fraction of sp³-hybridized carbons (Fsp3) is 0.308. The van der Waals surface area contributed by atoms with Crippen molar-refractivity contribution in [2.45, 2.75) is 25.7 Å². The number of nitrogens with one attached hydrogen (secondary N) is 2. The molecule has 0 spiro atoms. The van der Waals surface area contributed by atoms with E-state index in [1.165, 1.54) is 11.1 Å². The molecule has 0 amide bonds. The standard InChI is InChI=1S/C13H14ClN5/c1-8-4-2-3-5-9(8)6-15-11-10-12(17-7-16-10)19-13(14)18-11/h2-5,7,10,12H,6H2,1H3,(H,16,17)(H,15,18,19). The zero-order valence-corrected chi connectivity index (χ0v) is 11.2. The van der Waals surface area contributed by atoms with E-state index >= 15 is 0 Å². The quantitative estimate of drug-likeness (QED) is 0.802. The summed E-state index contributed by atoms with van der Waals surface area (Å²) in [4.78, 5) is 13.0. The zero-order valence-electron chi connectivity index (χ0n) is 10.5. The lowest BCUT2D eigenvalue weighted by Gasteiger charge is -2.23. The van der Waals surface area contributed by atoms with Crippen LogP contribution < -0.4 is 10.6 Å². The Balaban J connectivity index is 1.81. The van der Waals surface area contributed by atoms with Crippen molar-refractivity contribution in [1.29, 1.82) is 0 Å². The summed E-state index contributed by atoms with van der Waals surface area (Å²) >= 11 is 5.95. The first-order chi connectivity index (χ1) is 9.24. The molecular weight excluding hydrogens is 262 g/mol. The third kappa shape index (κ3) is 2.46. The number of aliphatic imine (C=N–C) groups is 3. The summed E-state index contributed by atoms with van der Waals surface area (Å²) in [5.74, 6) is 0.783. The molecule has 0 fully saturated rings. The number of nitrogens with zero attached hydrogens (tertiary/aromatic N) is 3. The lowest BCUT2D eigenvalue weighted by molar-refractivity contribution is 0.632. The van der Waals surface area contributed by atoms with Gasteiger partial charge < -0.3 is 10.6 Å². The van der Waals surface area contributed by atoms with Gasteiger partial charge in [0.05, 0.1) is 12.9 Å². The highest BCUT2D eigenvalue weighted by Crippen LogP contribution is 2.14. The van der Waals surface area contributed by atoms with Crippen molar-refractivity contribution in [2.24, 2.45) is 15.0 Å². The van der Waals surface area contributed by atoms with Gasteiger partial charge in [-0.25, -0.2) is 9.98 Å². The summed E-state index contributed by atoms with van der Waals surface area (Å²) in [5.41, 5.74) is 2.43. The smallest absolute Gasteiger partial charge is 0.198 e. The Labute approximate surface area is 116 Å². The second-order valence-corrected chi connectivity index (χ2v) is 4.87. The molecular formula is C13H14ClN5. The average molecular weight is 276 g/mol. The topological polar surface area (TPSA) is 61.1 Å². The molecule has 3 rings (SSSR count). The highest BCUT2D eigenvalue weighted by molar-refractivity contribution is 6.66. The first kappa shape index (κ1) is 12.2. The molecule has 0 bridgehead atoms. The molecule has 1 aromatic carbocycles. The van der Waals surface area contributed by atoms with Gasteiger partial charge in [-0.05, 0) is 29.7 Å². The molecule has 0 saturated carbocycles. The molecule has 2 aliphatic heterocycles. The molecule has 1 aromatic rings. The minimum Gasteiger partial charge on any atom is -0.363 e. The maximum Gasteiger partial charge on any atom is 0.198 e. The van der Waals surface area contributed by atoms with E-state index in [4.69, 9.17) is 11.6 Å². The summed E-state index contributed by atoms with van der Waals surface area (Å²) in [6.07, 6.45) is 1.45. The molecule has 0 aliphatic carbocycles. The summed E-state index contributed by atoms with van der Waals surface area (Å²) in [7, 11) is 0. The van der Waals surface area contributed by atoms with Gasteiger partial charge in [-0.15, -0.1) is 0 Å². The second kappa shape index (κ2) is 5.01. The van der Waals surface area contributed by atoms with Gasteiger partial charge in [-0.1, -0.05) is 24.3 Å². The highest BCUT2D eigenvalue weighted by atomic mass is 35.5. The van der Waals surface area contributed by atoms with Crippen LogP contribution in [0.1, 0.15) is 11.1 Å². The molecule has 2 heterocycles. The van der Waals surface area contributed by atoms with Gasteiger partial charge >= 0.3 is 0 Å². The maximum atomic E-state index is 5.95. The van der Waals surface area contributed by atoms with Gasteiger partial charge in [0.2, 0.25) is 0 Å². The molecule has 2 N–H and O–H groups in total. The van der Waals surface area contributed by atoms with Gasteiger partial charge in [0.1, 0.15) is 11.9 Å². The molecule has 0 radical (unpaired) electrons. The number of hydrogen-bond donors (Lipinski definition) is 2. The number of benzene rings is 1. The Morgan fingerprint density at radius 3 is 3.05 bits per heavy atom. The van der Waals surface area contributed by atoms with E-state index in [-0.39, 0.29) is 12.2 Å². The third-order valence-electron chi connectivity index (χ3n) is 3.23.